The summed E-state index contributed by atoms with van der Waals surface area (Å²) >= 11 is 0. The molecule has 0 bridgehead atoms. The van der Waals surface area contributed by atoms with Crippen molar-refractivity contribution < 1.29 is 5.11 Å². The van der Waals surface area contributed by atoms with Crippen molar-refractivity contribution in [2.24, 2.45) is 0 Å². The molecule has 1 aliphatic heterocycles. The van der Waals surface area contributed by atoms with E-state index < -0.39 is 0 Å². The van der Waals surface area contributed by atoms with Gasteiger partial charge >= 0.3 is 0 Å². The van der Waals surface area contributed by atoms with E-state index in [0.29, 0.717) is 0 Å². The maximum absolute atomic E-state index is 8.90. The third-order valence-electron chi connectivity index (χ3n) is 2.31. The quantitative estimate of drug-likeness (QED) is 0.587. The van der Waals surface area contributed by atoms with E-state index in [1.165, 1.54) is 25.9 Å². The number of aliphatic hydroxyl groups is 1. The number of likely N-dealkylation sites (N-methyl/N-ethyl adjacent to an activating group) is 1. The molecule has 66 valence electrons. The van der Waals surface area contributed by atoms with Crippen LogP contribution in [0.4, 0.5) is 0 Å². The summed E-state index contributed by atoms with van der Waals surface area (Å²) < 4.78 is 0. The van der Waals surface area contributed by atoms with Crippen molar-refractivity contribution >= 4 is 0 Å². The maximum atomic E-state index is 8.90. The fourth-order valence-corrected chi connectivity index (χ4v) is 1.52. The zero-order chi connectivity index (χ0) is 8.10. The highest BCUT2D eigenvalue weighted by Gasteiger charge is 2.14. The van der Waals surface area contributed by atoms with Gasteiger partial charge in [0.15, 0.2) is 0 Å². The minimum Gasteiger partial charge on any atom is -0.395 e. The van der Waals surface area contributed by atoms with Crippen LogP contribution in [0.15, 0.2) is 0 Å². The Morgan fingerprint density at radius 3 is 2.55 bits per heavy atom. The smallest absolute Gasteiger partial charge is 0.0597 e. The molecular weight excluding hydrogens is 140 g/mol. The topological polar surface area (TPSA) is 35.5 Å². The van der Waals surface area contributed by atoms with Crippen LogP contribution >= 0.6 is 0 Å². The van der Waals surface area contributed by atoms with Crippen LogP contribution in [0.3, 0.4) is 0 Å². The van der Waals surface area contributed by atoms with E-state index in [0.717, 1.165) is 6.54 Å². The summed E-state index contributed by atoms with van der Waals surface area (Å²) in [6.45, 7) is 3.65. The lowest BCUT2D eigenvalue weighted by Crippen LogP contribution is -2.40. The average molecular weight is 158 g/mol. The molecule has 3 heteroatoms. The van der Waals surface area contributed by atoms with Crippen LogP contribution in [0.25, 0.3) is 0 Å². The van der Waals surface area contributed by atoms with Crippen molar-refractivity contribution in [3.8, 4) is 0 Å². The first-order chi connectivity index (χ1) is 5.36. The molecule has 1 rings (SSSR count). The molecule has 11 heavy (non-hydrogen) atoms. The molecule has 1 unspecified atom stereocenters. The molecule has 0 saturated carbocycles. The second-order valence-corrected chi connectivity index (χ2v) is 3.18. The van der Waals surface area contributed by atoms with Crippen LogP contribution in [0.1, 0.15) is 12.8 Å². The molecule has 1 aliphatic rings. The Labute approximate surface area is 68.4 Å². The van der Waals surface area contributed by atoms with Crippen molar-refractivity contribution in [2.45, 2.75) is 18.9 Å². The number of rotatable bonds is 4. The molecule has 1 atom stereocenters. The van der Waals surface area contributed by atoms with Crippen molar-refractivity contribution in [3.63, 3.8) is 0 Å². The highest BCUT2D eigenvalue weighted by molar-refractivity contribution is 4.73. The van der Waals surface area contributed by atoms with Crippen molar-refractivity contribution in [1.29, 1.82) is 0 Å². The second kappa shape index (κ2) is 4.70. The number of hydrogen-bond donors (Lipinski definition) is 2. The van der Waals surface area contributed by atoms with Gasteiger partial charge < -0.3 is 15.3 Å². The fourth-order valence-electron chi connectivity index (χ4n) is 1.52. The fraction of sp³-hybridized carbons (Fsp3) is 1.00. The monoisotopic (exact) mass is 158 g/mol. The molecule has 1 fully saturated rings. The molecule has 3 nitrogen and oxygen atoms in total. The maximum Gasteiger partial charge on any atom is 0.0597 e. The van der Waals surface area contributed by atoms with Gasteiger partial charge in [-0.15, -0.1) is 0 Å². The van der Waals surface area contributed by atoms with Crippen LogP contribution in [0, 0.1) is 0 Å². The third kappa shape index (κ3) is 2.77. The summed E-state index contributed by atoms with van der Waals surface area (Å²) in [5, 5.41) is 12.0. The Hall–Kier alpha value is -0.120. The Morgan fingerprint density at radius 2 is 2.09 bits per heavy atom. The first kappa shape index (κ1) is 8.97. The molecule has 2 N–H and O–H groups in total. The number of nitrogens with one attached hydrogen (secondary N) is 1. The van der Waals surface area contributed by atoms with Gasteiger partial charge in [0.05, 0.1) is 6.61 Å². The van der Waals surface area contributed by atoms with Gasteiger partial charge in [-0.25, -0.2) is 0 Å². The lowest BCUT2D eigenvalue weighted by atomic mass is 10.3. The van der Waals surface area contributed by atoms with E-state index in [9.17, 15) is 0 Å². The van der Waals surface area contributed by atoms with Gasteiger partial charge in [-0.3, -0.25) is 0 Å². The van der Waals surface area contributed by atoms with Crippen molar-refractivity contribution in [1.82, 2.24) is 10.2 Å². The molecule has 0 spiro atoms. The van der Waals surface area contributed by atoms with E-state index in [4.69, 9.17) is 5.11 Å². The molecule has 0 amide bonds. The zero-order valence-electron chi connectivity index (χ0n) is 7.21. The summed E-state index contributed by atoms with van der Waals surface area (Å²) in [4.78, 5) is 2.40. The first-order valence-corrected chi connectivity index (χ1v) is 4.37. The Morgan fingerprint density at radius 1 is 1.45 bits per heavy atom. The SMILES string of the molecule is CNC(CO)CN1CCCC1. The van der Waals surface area contributed by atoms with Gasteiger partial charge in [0, 0.05) is 12.6 Å². The number of nitrogens with zero attached hydrogens (tertiary/aromatic N) is 1. The summed E-state index contributed by atoms with van der Waals surface area (Å²) in [6.07, 6.45) is 2.64. The van der Waals surface area contributed by atoms with E-state index in [-0.39, 0.29) is 12.6 Å². The standard InChI is InChI=1S/C8H18N2O/c1-9-8(7-11)6-10-4-2-3-5-10/h8-9,11H,2-7H2,1H3. The molecule has 0 radical (unpaired) electrons. The Bertz CT molecular complexity index is 98.3. The van der Waals surface area contributed by atoms with Gasteiger partial charge in [-0.2, -0.15) is 0 Å². The lowest BCUT2D eigenvalue weighted by molar-refractivity contribution is 0.204. The number of aliphatic hydroxyl groups excluding tert-OH is 1. The average Bonchev–Trinajstić information content (AvgIpc) is 2.52. The predicted octanol–water partition coefficient (Wildman–Crippen LogP) is -0.338. The minimum atomic E-state index is 0.243. The van der Waals surface area contributed by atoms with E-state index in [2.05, 4.69) is 10.2 Å². The van der Waals surface area contributed by atoms with Gasteiger partial charge in [-0.05, 0) is 33.0 Å². The molecule has 0 aromatic heterocycles. The van der Waals surface area contributed by atoms with Crippen LogP contribution < -0.4 is 5.32 Å². The largest absolute Gasteiger partial charge is 0.395 e. The Balaban J connectivity index is 2.16. The summed E-state index contributed by atoms with van der Waals surface area (Å²) in [5.41, 5.74) is 0. The van der Waals surface area contributed by atoms with Gasteiger partial charge in [-0.1, -0.05) is 0 Å². The van der Waals surface area contributed by atoms with Crippen LogP contribution in [0.2, 0.25) is 0 Å². The van der Waals surface area contributed by atoms with Crippen molar-refractivity contribution in [3.05, 3.63) is 0 Å². The second-order valence-electron chi connectivity index (χ2n) is 3.18. The molecule has 1 saturated heterocycles. The first-order valence-electron chi connectivity index (χ1n) is 4.37. The molecular formula is C8H18N2O. The minimum absolute atomic E-state index is 0.243. The zero-order valence-corrected chi connectivity index (χ0v) is 7.21. The Kier molecular flexibility index (Phi) is 3.83. The van der Waals surface area contributed by atoms with Gasteiger partial charge in [0.25, 0.3) is 0 Å². The summed E-state index contributed by atoms with van der Waals surface area (Å²) in [5.74, 6) is 0. The molecule has 1 heterocycles. The van der Waals surface area contributed by atoms with Gasteiger partial charge in [0.1, 0.15) is 0 Å². The van der Waals surface area contributed by atoms with Gasteiger partial charge in [0.2, 0.25) is 0 Å². The van der Waals surface area contributed by atoms with Crippen molar-refractivity contribution in [2.75, 3.05) is 33.3 Å². The van der Waals surface area contributed by atoms with Crippen LogP contribution in [-0.2, 0) is 0 Å². The normalized spacial score (nSPS) is 22.4. The highest BCUT2D eigenvalue weighted by Crippen LogP contribution is 2.07. The van der Waals surface area contributed by atoms with Crippen LogP contribution in [-0.4, -0.2) is 49.3 Å². The number of likely N-dealkylation sites (tertiary alicyclic amines) is 1. The molecule has 0 aliphatic carbocycles. The van der Waals surface area contributed by atoms with Crippen LogP contribution in [0.5, 0.6) is 0 Å². The molecule has 0 aromatic rings. The van der Waals surface area contributed by atoms with E-state index >= 15 is 0 Å². The number of hydrogen-bond acceptors (Lipinski definition) is 3. The van der Waals surface area contributed by atoms with E-state index in [1.807, 2.05) is 7.05 Å². The molecule has 0 aromatic carbocycles. The summed E-state index contributed by atoms with van der Waals surface area (Å²) in [6, 6.07) is 0.257. The van der Waals surface area contributed by atoms with E-state index in [1.54, 1.807) is 0 Å². The lowest BCUT2D eigenvalue weighted by Gasteiger charge is -2.20. The highest BCUT2D eigenvalue weighted by atomic mass is 16.3. The third-order valence-corrected chi connectivity index (χ3v) is 2.31. The summed E-state index contributed by atoms with van der Waals surface area (Å²) in [7, 11) is 1.90. The predicted molar refractivity (Wildman–Crippen MR) is 45.6 cm³/mol.